The molecule has 0 N–H and O–H groups in total. The van der Waals surface area contributed by atoms with Gasteiger partial charge >= 0.3 is 7.23 Å². The van der Waals surface area contributed by atoms with E-state index in [0.717, 1.165) is 6.42 Å². The first-order valence-electron chi connectivity index (χ1n) is 3.62. The molecule has 0 saturated carbocycles. The fraction of sp³-hybridized carbons (Fsp3) is 0.250. The molecule has 0 heterocycles. The van der Waals surface area contributed by atoms with Gasteiger partial charge < -0.3 is 0 Å². The van der Waals surface area contributed by atoms with Crippen LogP contribution in [0.15, 0.2) is 30.3 Å². The van der Waals surface area contributed by atoms with Crippen LogP contribution in [-0.2, 0) is 15.5 Å². The minimum Gasteiger partial charge on any atom is -0.136 e. The highest BCUT2D eigenvalue weighted by Gasteiger charge is 2.07. The van der Waals surface area contributed by atoms with Crippen LogP contribution in [0.3, 0.4) is 0 Å². The van der Waals surface area contributed by atoms with Crippen LogP contribution in [-0.4, -0.2) is 6.61 Å². The van der Waals surface area contributed by atoms with E-state index >= 15 is 0 Å². The van der Waals surface area contributed by atoms with Crippen LogP contribution in [0.5, 0.6) is 0 Å². The summed E-state index contributed by atoms with van der Waals surface area (Å²) in [7, 11) is -1.75. The van der Waals surface area contributed by atoms with E-state index < -0.39 is 7.23 Å². The van der Waals surface area contributed by atoms with Gasteiger partial charge in [0.25, 0.3) is 0 Å². The Kier molecular flexibility index (Phi) is 4.30. The van der Waals surface area contributed by atoms with Crippen LogP contribution in [0.25, 0.3) is 0 Å². The minimum absolute atomic E-state index is 0.461. The molecule has 1 rings (SSSR count). The molecule has 0 fully saturated rings. The lowest BCUT2D eigenvalue weighted by molar-refractivity contribution is 0.344. The molecule has 64 valence electrons. The van der Waals surface area contributed by atoms with Crippen molar-refractivity contribution in [3.63, 3.8) is 0 Å². The third-order valence-electron chi connectivity index (χ3n) is 1.44. The Morgan fingerprint density at radius 3 is 2.58 bits per heavy atom. The van der Waals surface area contributed by atoms with E-state index in [1.807, 2.05) is 30.3 Å². The van der Waals surface area contributed by atoms with Crippen molar-refractivity contribution in [1.82, 2.24) is 0 Å². The van der Waals surface area contributed by atoms with Gasteiger partial charge in [-0.15, -0.1) is 4.52 Å². The van der Waals surface area contributed by atoms with E-state index in [1.165, 1.54) is 5.56 Å². The molecule has 1 atom stereocenters. The van der Waals surface area contributed by atoms with Crippen LogP contribution in [0.2, 0.25) is 0 Å². The van der Waals surface area contributed by atoms with Crippen LogP contribution in [0.4, 0.5) is 0 Å². The van der Waals surface area contributed by atoms with Gasteiger partial charge in [0, 0.05) is 6.42 Å². The molecule has 0 bridgehead atoms. The summed E-state index contributed by atoms with van der Waals surface area (Å²) in [4.78, 5) is 0. The first kappa shape index (κ1) is 9.72. The lowest BCUT2D eigenvalue weighted by Crippen LogP contribution is -1.91. The molecule has 0 saturated heterocycles. The van der Waals surface area contributed by atoms with Crippen molar-refractivity contribution in [2.75, 3.05) is 6.61 Å². The summed E-state index contributed by atoms with van der Waals surface area (Å²) >= 11 is 3.63. The fourth-order valence-corrected chi connectivity index (χ4v) is 1.38. The smallest absolute Gasteiger partial charge is 0.136 e. The van der Waals surface area contributed by atoms with Gasteiger partial charge in [-0.3, -0.25) is 0 Å². The van der Waals surface area contributed by atoms with E-state index in [-0.39, 0.29) is 0 Å². The summed E-state index contributed by atoms with van der Waals surface area (Å²) in [5.41, 5.74) is 1.18. The van der Waals surface area contributed by atoms with Crippen molar-refractivity contribution >= 4 is 19.5 Å². The lowest BCUT2D eigenvalue weighted by Gasteiger charge is -1.94. The topological polar surface area (TPSA) is 26.3 Å². The zero-order valence-electron chi connectivity index (χ0n) is 6.51. The van der Waals surface area contributed by atoms with E-state index in [2.05, 4.69) is 12.2 Å². The Bertz CT molecular complexity index is 250. The Labute approximate surface area is 78.0 Å². The first-order chi connectivity index (χ1) is 5.79. The number of hydrogen-bond donors (Lipinski definition) is 1. The largest absolute Gasteiger partial charge is 0.582 e. The first-order valence-corrected chi connectivity index (χ1v) is 5.95. The average molecular weight is 201 g/mol. The number of rotatable bonds is 4. The SMILES string of the molecule is O=[P+](S)OCCc1ccccc1. The maximum absolute atomic E-state index is 10.4. The number of benzene rings is 1. The Hall–Kier alpha value is -0.370. The Balaban J connectivity index is 2.29. The second-order valence-electron chi connectivity index (χ2n) is 2.31. The second-order valence-corrected chi connectivity index (χ2v) is 4.02. The molecule has 0 radical (unpaired) electrons. The minimum atomic E-state index is -1.75. The molecule has 2 nitrogen and oxygen atoms in total. The molecule has 4 heteroatoms. The zero-order valence-corrected chi connectivity index (χ0v) is 8.30. The molecular weight excluding hydrogens is 191 g/mol. The van der Waals surface area contributed by atoms with Gasteiger partial charge in [0.2, 0.25) is 0 Å². The number of hydrogen-bond acceptors (Lipinski definition) is 2. The van der Waals surface area contributed by atoms with Crippen molar-refractivity contribution in [2.45, 2.75) is 6.42 Å². The fourth-order valence-electron chi connectivity index (χ4n) is 0.886. The second kappa shape index (κ2) is 5.31. The molecule has 12 heavy (non-hydrogen) atoms. The van der Waals surface area contributed by atoms with Gasteiger partial charge in [0.15, 0.2) is 0 Å². The molecule has 1 aromatic carbocycles. The predicted octanol–water partition coefficient (Wildman–Crippen LogP) is 2.83. The van der Waals surface area contributed by atoms with Crippen molar-refractivity contribution in [3.05, 3.63) is 35.9 Å². The molecule has 0 aliphatic carbocycles. The molecule has 1 aromatic rings. The summed E-state index contributed by atoms with van der Waals surface area (Å²) < 4.78 is 15.2. The average Bonchev–Trinajstić information content (AvgIpc) is 2.05. The summed E-state index contributed by atoms with van der Waals surface area (Å²) in [6.07, 6.45) is 0.780. The highest BCUT2D eigenvalue weighted by atomic mass is 32.7. The Morgan fingerprint density at radius 2 is 2.00 bits per heavy atom. The van der Waals surface area contributed by atoms with Crippen LogP contribution in [0, 0.1) is 0 Å². The molecule has 0 aliphatic rings. The number of thiol groups is 1. The maximum Gasteiger partial charge on any atom is 0.582 e. The zero-order chi connectivity index (χ0) is 8.81. The van der Waals surface area contributed by atoms with Gasteiger partial charge in [-0.05, 0) is 10.1 Å². The highest BCUT2D eigenvalue weighted by molar-refractivity contribution is 8.39. The maximum atomic E-state index is 10.4. The van der Waals surface area contributed by atoms with E-state index in [4.69, 9.17) is 4.52 Å². The molecule has 0 amide bonds. The van der Waals surface area contributed by atoms with E-state index in [0.29, 0.717) is 6.61 Å². The third kappa shape index (κ3) is 3.86. The molecule has 0 aromatic heterocycles. The molecule has 0 spiro atoms. The molecule has 1 unspecified atom stereocenters. The van der Waals surface area contributed by atoms with Crippen LogP contribution < -0.4 is 0 Å². The van der Waals surface area contributed by atoms with Crippen molar-refractivity contribution < 1.29 is 9.09 Å². The summed E-state index contributed by atoms with van der Waals surface area (Å²) in [5, 5.41) is 0. The monoisotopic (exact) mass is 201 g/mol. The molecular formula is C8H10O2PS+. The Morgan fingerprint density at radius 1 is 1.33 bits per heavy atom. The van der Waals surface area contributed by atoms with Crippen LogP contribution in [0.1, 0.15) is 5.56 Å². The van der Waals surface area contributed by atoms with Gasteiger partial charge in [-0.1, -0.05) is 30.3 Å². The van der Waals surface area contributed by atoms with E-state index in [1.54, 1.807) is 0 Å². The predicted molar refractivity (Wildman–Crippen MR) is 52.7 cm³/mol. The highest BCUT2D eigenvalue weighted by Crippen LogP contribution is 2.26. The van der Waals surface area contributed by atoms with Crippen molar-refractivity contribution in [3.8, 4) is 0 Å². The lowest BCUT2D eigenvalue weighted by atomic mass is 10.2. The standard InChI is InChI=1S/C8H9O2PS/c9-11(12)10-7-6-8-4-2-1-3-5-8/h1-5H,6-7H2/p+1. The van der Waals surface area contributed by atoms with Crippen molar-refractivity contribution in [1.29, 1.82) is 0 Å². The van der Waals surface area contributed by atoms with Gasteiger partial charge in [0.05, 0.1) is 0 Å². The molecule has 0 aliphatic heterocycles. The summed E-state index contributed by atoms with van der Waals surface area (Å²) in [6.45, 7) is 0.461. The van der Waals surface area contributed by atoms with Crippen LogP contribution >= 0.6 is 19.5 Å². The quantitative estimate of drug-likeness (QED) is 0.598. The normalized spacial score (nSPS) is 11.2. The summed E-state index contributed by atoms with van der Waals surface area (Å²) in [5.74, 6) is 0. The van der Waals surface area contributed by atoms with Gasteiger partial charge in [-0.25, -0.2) is 0 Å². The van der Waals surface area contributed by atoms with Gasteiger partial charge in [-0.2, -0.15) is 0 Å². The van der Waals surface area contributed by atoms with Gasteiger partial charge in [0.1, 0.15) is 18.9 Å². The third-order valence-corrected chi connectivity index (χ3v) is 2.19. The van der Waals surface area contributed by atoms with Crippen molar-refractivity contribution in [2.24, 2.45) is 0 Å². The van der Waals surface area contributed by atoms with E-state index in [9.17, 15) is 4.57 Å². The summed E-state index contributed by atoms with van der Waals surface area (Å²) in [6, 6.07) is 9.92.